The predicted octanol–water partition coefficient (Wildman–Crippen LogP) is 0.197. The van der Waals surface area contributed by atoms with E-state index in [-0.39, 0.29) is 25.7 Å². The molecule has 90 valence electrons. The van der Waals surface area contributed by atoms with Crippen LogP contribution in [0.1, 0.15) is 0 Å². The Bertz CT molecular complexity index is 356. The number of aromatic nitrogens is 2. The molecule has 8 heteroatoms. The first kappa shape index (κ1) is 13.3. The first-order chi connectivity index (χ1) is 7.58. The molecule has 0 radical (unpaired) electrons. The highest BCUT2D eigenvalue weighted by Gasteiger charge is 2.32. The Hall–Kier alpha value is -0.740. The van der Waals surface area contributed by atoms with Gasteiger partial charge in [0, 0.05) is 4.43 Å². The molecular formula is C8H12IN3O4. The second kappa shape index (κ2) is 5.55. The van der Waals surface area contributed by atoms with Crippen LogP contribution >= 0.6 is 22.6 Å². The van der Waals surface area contributed by atoms with Crippen molar-refractivity contribution >= 4 is 28.5 Å². The average Bonchev–Trinajstić information content (AvgIpc) is 2.74. The quantitative estimate of drug-likeness (QED) is 0.334. The van der Waals surface area contributed by atoms with E-state index in [4.69, 9.17) is 0 Å². The summed E-state index contributed by atoms with van der Waals surface area (Å²) in [5.74, 6) is -0.281. The molecule has 0 aliphatic carbocycles. The molecule has 0 saturated heterocycles. The summed E-state index contributed by atoms with van der Waals surface area (Å²) < 4.78 is 1.82. The van der Waals surface area contributed by atoms with Crippen molar-refractivity contribution < 1.29 is 15.1 Å². The lowest BCUT2D eigenvalue weighted by molar-refractivity contribution is -0.397. The van der Waals surface area contributed by atoms with Gasteiger partial charge >= 0.3 is 5.95 Å². The van der Waals surface area contributed by atoms with Crippen molar-refractivity contribution in [2.75, 3.05) is 17.6 Å². The Morgan fingerprint density at radius 2 is 2.19 bits per heavy atom. The summed E-state index contributed by atoms with van der Waals surface area (Å²) in [6, 6.07) is 0. The molecule has 2 N–H and O–H groups in total. The summed E-state index contributed by atoms with van der Waals surface area (Å²) in [6.45, 7) is -0.303. The minimum Gasteiger partial charge on any atom is -0.396 e. The fourth-order valence-electron chi connectivity index (χ4n) is 1.23. The fourth-order valence-corrected chi connectivity index (χ4v) is 1.96. The normalized spacial score (nSPS) is 11.7. The maximum absolute atomic E-state index is 10.6. The van der Waals surface area contributed by atoms with Gasteiger partial charge in [-0.05, 0) is 4.92 Å². The third-order valence-electron chi connectivity index (χ3n) is 2.32. The van der Waals surface area contributed by atoms with Gasteiger partial charge in [-0.15, -0.1) is 0 Å². The summed E-state index contributed by atoms with van der Waals surface area (Å²) in [4.78, 5) is 13.6. The van der Waals surface area contributed by atoms with Gasteiger partial charge < -0.3 is 20.3 Å². The zero-order valence-corrected chi connectivity index (χ0v) is 10.6. The fraction of sp³-hybridized carbons (Fsp3) is 0.625. The van der Waals surface area contributed by atoms with E-state index in [1.165, 1.54) is 17.0 Å². The Morgan fingerprint density at radius 1 is 1.56 bits per heavy atom. The number of halogens is 1. The lowest BCUT2D eigenvalue weighted by Crippen LogP contribution is -2.36. The zero-order valence-electron chi connectivity index (χ0n) is 8.41. The summed E-state index contributed by atoms with van der Waals surface area (Å²) in [5.41, 5.74) is -0.758. The molecule has 0 bridgehead atoms. The number of aliphatic hydroxyl groups excluding tert-OH is 2. The summed E-state index contributed by atoms with van der Waals surface area (Å²) >= 11 is 2.03. The summed E-state index contributed by atoms with van der Waals surface area (Å²) in [6.07, 6.45) is 2.79. The molecule has 0 unspecified atom stereocenters. The maximum atomic E-state index is 10.6. The van der Waals surface area contributed by atoms with E-state index in [1.54, 1.807) is 0 Å². The molecule has 1 rings (SSSR count). The van der Waals surface area contributed by atoms with Gasteiger partial charge in [0.15, 0.2) is 0 Å². The number of nitrogens with zero attached hydrogens (tertiary/aromatic N) is 3. The Kier molecular flexibility index (Phi) is 4.62. The number of imidazole rings is 1. The van der Waals surface area contributed by atoms with E-state index >= 15 is 0 Å². The number of hydrogen-bond donors (Lipinski definition) is 2. The summed E-state index contributed by atoms with van der Waals surface area (Å²) in [5, 5.41) is 29.1. The molecule has 0 saturated carbocycles. The smallest absolute Gasteiger partial charge is 0.396 e. The van der Waals surface area contributed by atoms with Gasteiger partial charge in [-0.1, -0.05) is 27.6 Å². The molecule has 0 aliphatic heterocycles. The minimum absolute atomic E-state index is 0.166. The van der Waals surface area contributed by atoms with Gasteiger partial charge in [0.25, 0.3) is 0 Å². The van der Waals surface area contributed by atoms with Crippen LogP contribution < -0.4 is 0 Å². The van der Waals surface area contributed by atoms with Gasteiger partial charge in [-0.2, -0.15) is 0 Å². The van der Waals surface area contributed by atoms with Gasteiger partial charge in [0.05, 0.1) is 25.2 Å². The van der Waals surface area contributed by atoms with Crippen LogP contribution in [0, 0.1) is 15.5 Å². The highest BCUT2D eigenvalue weighted by molar-refractivity contribution is 14.1. The van der Waals surface area contributed by atoms with E-state index in [9.17, 15) is 20.3 Å². The van der Waals surface area contributed by atoms with Crippen LogP contribution in [-0.4, -0.2) is 42.3 Å². The van der Waals surface area contributed by atoms with E-state index < -0.39 is 10.3 Å². The van der Waals surface area contributed by atoms with Crippen molar-refractivity contribution in [2.24, 2.45) is 5.41 Å². The summed E-state index contributed by atoms with van der Waals surface area (Å²) in [7, 11) is 0. The van der Waals surface area contributed by atoms with Gasteiger partial charge in [-0.3, -0.25) is 0 Å². The SMILES string of the molecule is O=[N+]([O-])c1nccn1CC(CO)(CO)C[125I]. The number of nitro groups is 1. The minimum atomic E-state index is -0.758. The number of hydrogen-bond acceptors (Lipinski definition) is 5. The second-order valence-electron chi connectivity index (χ2n) is 3.56. The monoisotopic (exact) mass is 339 g/mol. The topological polar surface area (TPSA) is 101 Å². The number of alkyl halides is 1. The Morgan fingerprint density at radius 3 is 2.62 bits per heavy atom. The van der Waals surface area contributed by atoms with Crippen molar-refractivity contribution in [3.8, 4) is 0 Å². The molecule has 16 heavy (non-hydrogen) atoms. The molecular weight excluding hydrogens is 327 g/mol. The van der Waals surface area contributed by atoms with E-state index in [1.807, 2.05) is 22.6 Å². The zero-order chi connectivity index (χ0) is 12.2. The third-order valence-corrected chi connectivity index (χ3v) is 3.93. The van der Waals surface area contributed by atoms with Gasteiger partial charge in [0.1, 0.15) is 12.4 Å². The van der Waals surface area contributed by atoms with Crippen LogP contribution in [0.25, 0.3) is 0 Å². The predicted molar refractivity (Wildman–Crippen MR) is 64.4 cm³/mol. The standard InChI is InChI=1S/C8H12IN3O4/c9-3-8(5-13,6-14)4-11-2-1-10-7(11)12(15)16/h1-2,13-14H,3-6H2/i9-2. The van der Waals surface area contributed by atoms with Gasteiger partial charge in [-0.25, -0.2) is 4.57 Å². The Balaban J connectivity index is 2.93. The first-order valence-electron chi connectivity index (χ1n) is 4.52. The van der Waals surface area contributed by atoms with Crippen LogP contribution in [0.15, 0.2) is 12.4 Å². The Labute approximate surface area is 105 Å². The van der Waals surface area contributed by atoms with E-state index in [0.29, 0.717) is 4.43 Å². The van der Waals surface area contributed by atoms with Crippen LogP contribution in [0.5, 0.6) is 0 Å². The van der Waals surface area contributed by atoms with Crippen molar-refractivity contribution in [1.82, 2.24) is 9.55 Å². The van der Waals surface area contributed by atoms with Crippen molar-refractivity contribution in [1.29, 1.82) is 0 Å². The van der Waals surface area contributed by atoms with E-state index in [0.717, 1.165) is 0 Å². The molecule has 0 amide bonds. The third kappa shape index (κ3) is 2.68. The second-order valence-corrected chi connectivity index (χ2v) is 4.32. The molecule has 0 atom stereocenters. The molecule has 1 aromatic heterocycles. The van der Waals surface area contributed by atoms with Crippen LogP contribution in [0.2, 0.25) is 0 Å². The van der Waals surface area contributed by atoms with Crippen molar-refractivity contribution in [2.45, 2.75) is 6.54 Å². The van der Waals surface area contributed by atoms with Crippen LogP contribution in [0.4, 0.5) is 5.95 Å². The molecule has 0 aromatic carbocycles. The van der Waals surface area contributed by atoms with Crippen molar-refractivity contribution in [3.05, 3.63) is 22.5 Å². The van der Waals surface area contributed by atoms with E-state index in [2.05, 4.69) is 4.98 Å². The molecule has 1 aromatic rings. The molecule has 0 fully saturated rings. The highest BCUT2D eigenvalue weighted by atomic mass is 125. The van der Waals surface area contributed by atoms with Crippen LogP contribution in [0.3, 0.4) is 0 Å². The van der Waals surface area contributed by atoms with Crippen LogP contribution in [-0.2, 0) is 6.54 Å². The largest absolute Gasteiger partial charge is 0.434 e. The first-order valence-corrected chi connectivity index (χ1v) is 6.04. The lowest BCUT2D eigenvalue weighted by Gasteiger charge is -2.25. The molecule has 0 spiro atoms. The van der Waals surface area contributed by atoms with Gasteiger partial charge in [0.2, 0.25) is 0 Å². The maximum Gasteiger partial charge on any atom is 0.434 e. The highest BCUT2D eigenvalue weighted by Crippen LogP contribution is 2.24. The number of rotatable bonds is 6. The average molecular weight is 339 g/mol. The molecule has 1 heterocycles. The lowest BCUT2D eigenvalue weighted by atomic mass is 9.93. The van der Waals surface area contributed by atoms with Crippen molar-refractivity contribution in [3.63, 3.8) is 0 Å². The molecule has 7 nitrogen and oxygen atoms in total. The number of aliphatic hydroxyl groups is 2. The molecule has 0 aliphatic rings.